The average molecular weight is 270 g/mol. The van der Waals surface area contributed by atoms with Gasteiger partial charge in [0, 0.05) is 6.54 Å². The second-order valence-corrected chi connectivity index (χ2v) is 4.60. The smallest absolute Gasteiger partial charge is 0.156 e. The van der Waals surface area contributed by atoms with Crippen molar-refractivity contribution in [2.24, 2.45) is 0 Å². The summed E-state index contributed by atoms with van der Waals surface area (Å²) in [6.45, 7) is 3.02. The number of aromatic nitrogens is 2. The monoisotopic (exact) mass is 269 g/mol. The van der Waals surface area contributed by atoms with Crippen LogP contribution in [0.5, 0.6) is 0 Å². The van der Waals surface area contributed by atoms with Gasteiger partial charge in [-0.05, 0) is 6.42 Å². The van der Waals surface area contributed by atoms with E-state index in [2.05, 4.69) is 22.2 Å². The Morgan fingerprint density at radius 1 is 1.22 bits per heavy atom. The van der Waals surface area contributed by atoms with Crippen molar-refractivity contribution in [3.05, 3.63) is 17.0 Å². The van der Waals surface area contributed by atoms with Gasteiger partial charge in [0.1, 0.15) is 17.3 Å². The van der Waals surface area contributed by atoms with Crippen molar-refractivity contribution < 1.29 is 4.79 Å². The first-order valence-corrected chi connectivity index (χ1v) is 6.87. The summed E-state index contributed by atoms with van der Waals surface area (Å²) < 4.78 is 0. The molecule has 5 heteroatoms. The first-order valence-electron chi connectivity index (χ1n) is 6.49. The molecular formula is C13H20ClN3O. The fourth-order valence-electron chi connectivity index (χ4n) is 1.73. The van der Waals surface area contributed by atoms with E-state index in [0.717, 1.165) is 13.0 Å². The maximum Gasteiger partial charge on any atom is 0.156 e. The molecular weight excluding hydrogens is 250 g/mol. The lowest BCUT2D eigenvalue weighted by atomic mass is 10.1. The van der Waals surface area contributed by atoms with Gasteiger partial charge in [-0.2, -0.15) is 0 Å². The van der Waals surface area contributed by atoms with Crippen LogP contribution in [-0.4, -0.2) is 22.8 Å². The molecule has 0 aliphatic carbocycles. The number of carbonyl (C=O) groups excluding carboxylic acids is 1. The van der Waals surface area contributed by atoms with Gasteiger partial charge in [-0.3, -0.25) is 4.79 Å². The van der Waals surface area contributed by atoms with Crippen LogP contribution in [0.2, 0.25) is 5.15 Å². The van der Waals surface area contributed by atoms with Crippen LogP contribution in [0, 0.1) is 0 Å². The van der Waals surface area contributed by atoms with Crippen molar-refractivity contribution in [3.8, 4) is 0 Å². The summed E-state index contributed by atoms with van der Waals surface area (Å²) in [7, 11) is 0. The number of hydrogen-bond donors (Lipinski definition) is 1. The Balaban J connectivity index is 2.27. The molecule has 0 saturated heterocycles. The number of anilines is 1. The Labute approximate surface area is 113 Å². The van der Waals surface area contributed by atoms with Gasteiger partial charge in [0.15, 0.2) is 6.29 Å². The Bertz CT molecular complexity index is 371. The summed E-state index contributed by atoms with van der Waals surface area (Å²) in [5, 5.41) is 3.33. The summed E-state index contributed by atoms with van der Waals surface area (Å²) in [6, 6.07) is 0. The van der Waals surface area contributed by atoms with Crippen LogP contribution < -0.4 is 5.32 Å². The van der Waals surface area contributed by atoms with E-state index in [0.29, 0.717) is 17.7 Å². The molecule has 1 heterocycles. The van der Waals surface area contributed by atoms with Crippen molar-refractivity contribution in [3.63, 3.8) is 0 Å². The summed E-state index contributed by atoms with van der Waals surface area (Å²) >= 11 is 5.80. The van der Waals surface area contributed by atoms with Crippen molar-refractivity contribution in [2.45, 2.75) is 45.4 Å². The largest absolute Gasteiger partial charge is 0.369 e. The molecule has 0 aliphatic rings. The number of aldehydes is 1. The molecule has 1 aromatic rings. The highest BCUT2D eigenvalue weighted by molar-refractivity contribution is 6.32. The maximum absolute atomic E-state index is 10.9. The van der Waals surface area contributed by atoms with Crippen LogP contribution in [0.4, 0.5) is 5.82 Å². The zero-order valence-electron chi connectivity index (χ0n) is 10.8. The highest BCUT2D eigenvalue weighted by Crippen LogP contribution is 2.17. The topological polar surface area (TPSA) is 54.9 Å². The van der Waals surface area contributed by atoms with E-state index in [1.165, 1.54) is 38.4 Å². The molecule has 0 amide bonds. The van der Waals surface area contributed by atoms with Crippen LogP contribution in [0.3, 0.4) is 0 Å². The minimum Gasteiger partial charge on any atom is -0.369 e. The third-order valence-corrected chi connectivity index (χ3v) is 3.08. The molecule has 0 aliphatic heterocycles. The van der Waals surface area contributed by atoms with Gasteiger partial charge >= 0.3 is 0 Å². The molecule has 1 N–H and O–H groups in total. The summed E-state index contributed by atoms with van der Waals surface area (Å²) in [5.74, 6) is 0.526. The van der Waals surface area contributed by atoms with Crippen LogP contribution in [0.25, 0.3) is 0 Å². The Morgan fingerprint density at radius 3 is 2.67 bits per heavy atom. The van der Waals surface area contributed by atoms with Crippen molar-refractivity contribution in [1.29, 1.82) is 0 Å². The van der Waals surface area contributed by atoms with Crippen LogP contribution >= 0.6 is 11.6 Å². The van der Waals surface area contributed by atoms with E-state index >= 15 is 0 Å². The van der Waals surface area contributed by atoms with Gasteiger partial charge in [0.2, 0.25) is 0 Å². The molecule has 0 atom stereocenters. The van der Waals surface area contributed by atoms with Crippen molar-refractivity contribution in [1.82, 2.24) is 9.97 Å². The van der Waals surface area contributed by atoms with Gasteiger partial charge in [-0.25, -0.2) is 9.97 Å². The van der Waals surface area contributed by atoms with Crippen LogP contribution in [0.1, 0.15) is 55.8 Å². The number of carbonyl (C=O) groups is 1. The van der Waals surface area contributed by atoms with E-state index in [1.54, 1.807) is 0 Å². The third kappa shape index (κ3) is 5.00. The highest BCUT2D eigenvalue weighted by Gasteiger charge is 2.07. The van der Waals surface area contributed by atoms with Gasteiger partial charge in [-0.15, -0.1) is 0 Å². The van der Waals surface area contributed by atoms with Gasteiger partial charge in [0.25, 0.3) is 0 Å². The molecule has 0 saturated carbocycles. The molecule has 0 unspecified atom stereocenters. The molecule has 18 heavy (non-hydrogen) atoms. The summed E-state index contributed by atoms with van der Waals surface area (Å²) in [4.78, 5) is 18.6. The van der Waals surface area contributed by atoms with E-state index in [9.17, 15) is 4.79 Å². The fourth-order valence-corrected chi connectivity index (χ4v) is 1.91. The van der Waals surface area contributed by atoms with Gasteiger partial charge in [-0.1, -0.05) is 50.6 Å². The first-order chi connectivity index (χ1) is 8.79. The molecule has 100 valence electrons. The summed E-state index contributed by atoms with van der Waals surface area (Å²) in [5.41, 5.74) is 0.338. The number of nitrogens with one attached hydrogen (secondary N) is 1. The standard InChI is InChI=1S/C13H20ClN3O/c1-2-3-4-5-6-7-8-15-13-11(9-18)12(14)16-10-17-13/h9-10H,2-8H2,1H3,(H,15,16,17). The third-order valence-electron chi connectivity index (χ3n) is 2.78. The quantitative estimate of drug-likeness (QED) is 0.422. The van der Waals surface area contributed by atoms with E-state index < -0.39 is 0 Å². The van der Waals surface area contributed by atoms with E-state index in [1.807, 2.05) is 0 Å². The van der Waals surface area contributed by atoms with E-state index in [-0.39, 0.29) is 5.15 Å². The molecule has 0 spiro atoms. The molecule has 0 bridgehead atoms. The zero-order valence-corrected chi connectivity index (χ0v) is 11.5. The lowest BCUT2D eigenvalue weighted by Gasteiger charge is -2.07. The predicted octanol–water partition coefficient (Wildman–Crippen LogP) is 3.71. The maximum atomic E-state index is 10.9. The normalized spacial score (nSPS) is 10.3. The average Bonchev–Trinajstić information content (AvgIpc) is 2.38. The van der Waals surface area contributed by atoms with Crippen molar-refractivity contribution >= 4 is 23.7 Å². The van der Waals surface area contributed by atoms with E-state index in [4.69, 9.17) is 11.6 Å². The predicted molar refractivity (Wildman–Crippen MR) is 74.3 cm³/mol. The number of hydrogen-bond acceptors (Lipinski definition) is 4. The molecule has 0 aromatic carbocycles. The van der Waals surface area contributed by atoms with Crippen LogP contribution in [-0.2, 0) is 0 Å². The Morgan fingerprint density at radius 2 is 1.94 bits per heavy atom. The molecule has 0 fully saturated rings. The number of rotatable bonds is 9. The van der Waals surface area contributed by atoms with Crippen LogP contribution in [0.15, 0.2) is 6.33 Å². The van der Waals surface area contributed by atoms with Gasteiger partial charge in [0.05, 0.1) is 5.56 Å². The summed E-state index contributed by atoms with van der Waals surface area (Å²) in [6.07, 6.45) is 9.46. The molecule has 1 rings (SSSR count). The SMILES string of the molecule is CCCCCCCCNc1ncnc(Cl)c1C=O. The fraction of sp³-hybridized carbons (Fsp3) is 0.615. The zero-order chi connectivity index (χ0) is 13.2. The minimum absolute atomic E-state index is 0.199. The molecule has 0 radical (unpaired) electrons. The Hall–Kier alpha value is -1.16. The first kappa shape index (κ1) is 14.9. The highest BCUT2D eigenvalue weighted by atomic mass is 35.5. The number of halogens is 1. The van der Waals surface area contributed by atoms with Gasteiger partial charge < -0.3 is 5.32 Å². The second kappa shape index (κ2) is 8.86. The Kier molecular flexibility index (Phi) is 7.34. The number of nitrogens with zero attached hydrogens (tertiary/aromatic N) is 2. The lowest BCUT2D eigenvalue weighted by molar-refractivity contribution is 0.112. The minimum atomic E-state index is 0.199. The second-order valence-electron chi connectivity index (χ2n) is 4.24. The number of unbranched alkanes of at least 4 members (excludes halogenated alkanes) is 5. The molecule has 1 aromatic heterocycles. The molecule has 4 nitrogen and oxygen atoms in total. The lowest BCUT2D eigenvalue weighted by Crippen LogP contribution is -2.07. The van der Waals surface area contributed by atoms with Crippen molar-refractivity contribution in [2.75, 3.05) is 11.9 Å².